The molecule has 0 aromatic heterocycles. The molecule has 1 rings (SSSR count). The van der Waals surface area contributed by atoms with Gasteiger partial charge in [-0.15, -0.1) is 0 Å². The van der Waals surface area contributed by atoms with E-state index in [1.54, 1.807) is 7.05 Å². The predicted molar refractivity (Wildman–Crippen MR) is 70.1 cm³/mol. The van der Waals surface area contributed by atoms with E-state index in [4.69, 9.17) is 5.73 Å². The highest BCUT2D eigenvalue weighted by Gasteiger charge is 2.21. The molecule has 1 aromatic rings. The Morgan fingerprint density at radius 1 is 1.29 bits per heavy atom. The van der Waals surface area contributed by atoms with Gasteiger partial charge in [-0.05, 0) is 12.0 Å². The summed E-state index contributed by atoms with van der Waals surface area (Å²) in [7, 11) is -1.67. The minimum Gasteiger partial charge on any atom is -0.323 e. The Bertz CT molecular complexity index is 431. The first kappa shape index (κ1) is 14.2. The number of rotatable bonds is 6. The first-order valence-corrected chi connectivity index (χ1v) is 7.33. The molecule has 0 aliphatic rings. The van der Waals surface area contributed by atoms with Crippen molar-refractivity contribution in [3.8, 4) is 0 Å². The van der Waals surface area contributed by atoms with Crippen LogP contribution in [0.4, 0.5) is 0 Å². The second-order valence-electron chi connectivity index (χ2n) is 4.12. The van der Waals surface area contributed by atoms with Crippen LogP contribution in [-0.2, 0) is 10.0 Å². The first-order chi connectivity index (χ1) is 7.97. The van der Waals surface area contributed by atoms with Gasteiger partial charge in [-0.3, -0.25) is 0 Å². The summed E-state index contributed by atoms with van der Waals surface area (Å²) in [5.74, 6) is -0.0481. The zero-order valence-electron chi connectivity index (χ0n) is 10.3. The fourth-order valence-corrected chi connectivity index (χ4v) is 2.97. The van der Waals surface area contributed by atoms with Gasteiger partial charge in [0.15, 0.2) is 0 Å². The van der Waals surface area contributed by atoms with Crippen molar-refractivity contribution in [1.82, 2.24) is 4.31 Å². The van der Waals surface area contributed by atoms with Gasteiger partial charge in [0.05, 0.1) is 5.75 Å². The van der Waals surface area contributed by atoms with E-state index in [-0.39, 0.29) is 5.75 Å². The lowest BCUT2D eigenvalue weighted by Gasteiger charge is -2.19. The van der Waals surface area contributed by atoms with Crippen LogP contribution in [0, 0.1) is 0 Å². The van der Waals surface area contributed by atoms with E-state index in [1.807, 2.05) is 37.3 Å². The molecule has 17 heavy (non-hydrogen) atoms. The maximum atomic E-state index is 12.0. The van der Waals surface area contributed by atoms with Crippen LogP contribution in [0.2, 0.25) is 0 Å². The third kappa shape index (κ3) is 4.11. The molecular formula is C12H20N2O2S. The summed E-state index contributed by atoms with van der Waals surface area (Å²) in [6, 6.07) is 8.82. The van der Waals surface area contributed by atoms with Gasteiger partial charge in [0.25, 0.3) is 0 Å². The molecule has 0 aliphatic heterocycles. The smallest absolute Gasteiger partial charge is 0.215 e. The van der Waals surface area contributed by atoms with Crippen LogP contribution >= 0.6 is 0 Å². The van der Waals surface area contributed by atoms with E-state index in [1.165, 1.54) is 4.31 Å². The average molecular weight is 256 g/mol. The molecule has 0 heterocycles. The topological polar surface area (TPSA) is 63.4 Å². The monoisotopic (exact) mass is 256 g/mol. The molecular weight excluding hydrogens is 236 g/mol. The number of hydrogen-bond donors (Lipinski definition) is 1. The number of benzene rings is 1. The van der Waals surface area contributed by atoms with Crippen molar-refractivity contribution in [1.29, 1.82) is 0 Å². The van der Waals surface area contributed by atoms with Gasteiger partial charge in [-0.1, -0.05) is 37.3 Å². The summed E-state index contributed by atoms with van der Waals surface area (Å²) in [5.41, 5.74) is 6.76. The molecule has 1 atom stereocenters. The highest BCUT2D eigenvalue weighted by Crippen LogP contribution is 2.13. The molecule has 1 unspecified atom stereocenters. The lowest BCUT2D eigenvalue weighted by Crippen LogP contribution is -2.34. The molecule has 0 saturated heterocycles. The van der Waals surface area contributed by atoms with Crippen LogP contribution in [0.25, 0.3) is 0 Å². The molecule has 1 aromatic carbocycles. The zero-order valence-corrected chi connectivity index (χ0v) is 11.2. The van der Waals surface area contributed by atoms with E-state index in [0.29, 0.717) is 6.54 Å². The largest absolute Gasteiger partial charge is 0.323 e. The number of sulfonamides is 1. The average Bonchev–Trinajstić information content (AvgIpc) is 2.30. The third-order valence-corrected chi connectivity index (χ3v) is 4.54. The van der Waals surface area contributed by atoms with Crippen LogP contribution in [0.15, 0.2) is 30.3 Å². The van der Waals surface area contributed by atoms with E-state index in [0.717, 1.165) is 12.0 Å². The summed E-state index contributed by atoms with van der Waals surface area (Å²) in [6.45, 7) is 2.48. The van der Waals surface area contributed by atoms with Crippen molar-refractivity contribution < 1.29 is 8.42 Å². The van der Waals surface area contributed by atoms with Gasteiger partial charge in [-0.25, -0.2) is 12.7 Å². The minimum absolute atomic E-state index is 0.0481. The second kappa shape index (κ2) is 6.14. The Morgan fingerprint density at radius 2 is 1.88 bits per heavy atom. The molecule has 0 fully saturated rings. The first-order valence-electron chi connectivity index (χ1n) is 5.72. The van der Waals surface area contributed by atoms with E-state index in [9.17, 15) is 8.42 Å². The second-order valence-corrected chi connectivity index (χ2v) is 6.24. The van der Waals surface area contributed by atoms with Crippen molar-refractivity contribution >= 4 is 10.0 Å². The SMILES string of the molecule is CCCN(C)S(=O)(=O)CC(N)c1ccccc1. The molecule has 5 heteroatoms. The lowest BCUT2D eigenvalue weighted by molar-refractivity contribution is 0.464. The molecule has 0 bridgehead atoms. The maximum absolute atomic E-state index is 12.0. The van der Waals surface area contributed by atoms with Crippen molar-refractivity contribution in [2.45, 2.75) is 19.4 Å². The highest BCUT2D eigenvalue weighted by atomic mass is 32.2. The van der Waals surface area contributed by atoms with Crippen LogP contribution in [-0.4, -0.2) is 32.1 Å². The summed E-state index contributed by atoms with van der Waals surface area (Å²) in [6.07, 6.45) is 0.802. The zero-order chi connectivity index (χ0) is 12.9. The quantitative estimate of drug-likeness (QED) is 0.836. The van der Waals surface area contributed by atoms with Gasteiger partial charge in [0, 0.05) is 19.6 Å². The summed E-state index contributed by atoms with van der Waals surface area (Å²) in [5, 5.41) is 0. The minimum atomic E-state index is -3.26. The van der Waals surface area contributed by atoms with Gasteiger partial charge >= 0.3 is 0 Å². The van der Waals surface area contributed by atoms with Crippen LogP contribution in [0.1, 0.15) is 24.9 Å². The molecule has 2 N–H and O–H groups in total. The van der Waals surface area contributed by atoms with Crippen molar-refractivity contribution in [2.24, 2.45) is 5.73 Å². The Hall–Kier alpha value is -0.910. The molecule has 0 spiro atoms. The summed E-state index contributed by atoms with van der Waals surface area (Å²) < 4.78 is 25.3. The van der Waals surface area contributed by atoms with E-state index >= 15 is 0 Å². The third-order valence-electron chi connectivity index (χ3n) is 2.63. The standard InChI is InChI=1S/C12H20N2O2S/c1-3-9-14(2)17(15,16)10-12(13)11-7-5-4-6-8-11/h4-8,12H,3,9-10,13H2,1-2H3. The Labute approximate surface area is 103 Å². The fraction of sp³-hybridized carbons (Fsp3) is 0.500. The lowest BCUT2D eigenvalue weighted by atomic mass is 10.1. The van der Waals surface area contributed by atoms with Crippen LogP contribution < -0.4 is 5.73 Å². The molecule has 0 saturated carbocycles. The predicted octanol–water partition coefficient (Wildman–Crippen LogP) is 1.36. The van der Waals surface area contributed by atoms with Gasteiger partial charge in [0.1, 0.15) is 0 Å². The maximum Gasteiger partial charge on any atom is 0.215 e. The van der Waals surface area contributed by atoms with Crippen molar-refractivity contribution in [2.75, 3.05) is 19.3 Å². The Kier molecular flexibility index (Phi) is 5.11. The molecule has 96 valence electrons. The van der Waals surface area contributed by atoms with Gasteiger partial charge in [-0.2, -0.15) is 0 Å². The van der Waals surface area contributed by atoms with E-state index in [2.05, 4.69) is 0 Å². The fourth-order valence-electron chi connectivity index (χ4n) is 1.60. The Morgan fingerprint density at radius 3 is 2.41 bits per heavy atom. The molecule has 4 nitrogen and oxygen atoms in total. The van der Waals surface area contributed by atoms with Gasteiger partial charge in [0.2, 0.25) is 10.0 Å². The highest BCUT2D eigenvalue weighted by molar-refractivity contribution is 7.89. The summed E-state index contributed by atoms with van der Waals surface area (Å²) >= 11 is 0. The van der Waals surface area contributed by atoms with Gasteiger partial charge < -0.3 is 5.73 Å². The normalized spacial score (nSPS) is 13.9. The molecule has 0 radical (unpaired) electrons. The Balaban J connectivity index is 2.71. The van der Waals surface area contributed by atoms with Crippen molar-refractivity contribution in [3.05, 3.63) is 35.9 Å². The van der Waals surface area contributed by atoms with Crippen LogP contribution in [0.3, 0.4) is 0 Å². The molecule has 0 aliphatic carbocycles. The number of hydrogen-bond acceptors (Lipinski definition) is 3. The van der Waals surface area contributed by atoms with Crippen molar-refractivity contribution in [3.63, 3.8) is 0 Å². The number of nitrogens with zero attached hydrogens (tertiary/aromatic N) is 1. The summed E-state index contributed by atoms with van der Waals surface area (Å²) in [4.78, 5) is 0. The van der Waals surface area contributed by atoms with Crippen LogP contribution in [0.5, 0.6) is 0 Å². The number of nitrogens with two attached hydrogens (primary N) is 1. The van der Waals surface area contributed by atoms with E-state index < -0.39 is 16.1 Å². The molecule has 0 amide bonds.